The zero-order chi connectivity index (χ0) is 15.2. The molecule has 0 nitrogen and oxygen atoms in total. The average molecular weight is 440 g/mol. The molecule has 128 valence electrons. The molecule has 0 heterocycles. The Kier molecular flexibility index (Phi) is 3.50. The van der Waals surface area contributed by atoms with Crippen molar-refractivity contribution in [2.45, 2.75) is 88.9 Å². The molecule has 0 saturated heterocycles. The Morgan fingerprint density at radius 3 is 1.04 bits per heavy atom. The van der Waals surface area contributed by atoms with Gasteiger partial charge in [0.25, 0.3) is 0 Å². The third-order valence-electron chi connectivity index (χ3n) is 9.92. The van der Waals surface area contributed by atoms with Crippen LogP contribution >= 0.6 is 8.92 Å². The Labute approximate surface area is 150 Å². The summed E-state index contributed by atoms with van der Waals surface area (Å²) in [7, 11) is 8.15. The van der Waals surface area contributed by atoms with Gasteiger partial charge >= 0.3 is 151 Å². The van der Waals surface area contributed by atoms with Gasteiger partial charge < -0.3 is 0 Å². The second-order valence-electron chi connectivity index (χ2n) is 10.7. The van der Waals surface area contributed by atoms with Crippen molar-refractivity contribution in [2.75, 3.05) is 0 Å². The minimum atomic E-state index is -2.59. The van der Waals surface area contributed by atoms with Crippen LogP contribution in [-0.2, 0) is 0 Å². The summed E-state index contributed by atoms with van der Waals surface area (Å²) < 4.78 is 3.33. The summed E-state index contributed by atoms with van der Waals surface area (Å²) in [6, 6.07) is 0. The molecule has 0 aromatic rings. The van der Waals surface area contributed by atoms with E-state index in [1.165, 1.54) is 0 Å². The van der Waals surface area contributed by atoms with Crippen LogP contribution in [-0.4, -0.2) is 17.3 Å². The number of hydrogen-bond acceptors (Lipinski definition) is 0. The summed E-state index contributed by atoms with van der Waals surface area (Å²) >= 11 is -2.59. The molecule has 6 aliphatic carbocycles. The van der Waals surface area contributed by atoms with Crippen molar-refractivity contribution in [1.82, 2.24) is 0 Å². The molecule has 23 heavy (non-hydrogen) atoms. The van der Waals surface area contributed by atoms with Crippen molar-refractivity contribution in [3.63, 3.8) is 0 Å². The van der Waals surface area contributed by atoms with E-state index in [9.17, 15) is 0 Å². The maximum absolute atomic E-state index is 8.15. The molecule has 6 aliphatic rings. The predicted molar refractivity (Wildman–Crippen MR) is 99.2 cm³/mol. The van der Waals surface area contributed by atoms with Crippen LogP contribution in [0.1, 0.15) is 77.0 Å². The molecule has 2 heteroatoms. The molecule has 9 atom stereocenters. The standard InChI is InChI=1S/3C7H11.ClH.Sn/c3*1-2-7-4-3-6(1)5-7;;/h3*1,6-7H,2-5H2;1H;/q;;;;+1/p-1. The van der Waals surface area contributed by atoms with Crippen molar-refractivity contribution in [2.24, 2.45) is 35.5 Å². The molecule has 0 amide bonds. The van der Waals surface area contributed by atoms with Crippen molar-refractivity contribution < 1.29 is 0 Å². The average Bonchev–Trinajstić information content (AvgIpc) is 3.40. The SMILES string of the molecule is [Cl][Sn]([CH]1CC2CCC1C2)([CH]1CC2CCC1C2)[CH]1CC2CCC1C2. The van der Waals surface area contributed by atoms with Crippen LogP contribution in [0.4, 0.5) is 0 Å². The van der Waals surface area contributed by atoms with Crippen LogP contribution in [0, 0.1) is 35.5 Å². The van der Waals surface area contributed by atoms with E-state index < -0.39 is 17.3 Å². The monoisotopic (exact) mass is 440 g/mol. The number of fused-ring (bicyclic) bond motifs is 6. The Balaban J connectivity index is 1.38. The fraction of sp³-hybridized carbons (Fsp3) is 1.00. The van der Waals surface area contributed by atoms with E-state index in [-0.39, 0.29) is 0 Å². The fourth-order valence-electron chi connectivity index (χ4n) is 9.18. The van der Waals surface area contributed by atoms with Gasteiger partial charge in [0.2, 0.25) is 0 Å². The molecule has 6 rings (SSSR count). The van der Waals surface area contributed by atoms with Gasteiger partial charge in [-0.05, 0) is 0 Å². The molecule has 0 aromatic carbocycles. The van der Waals surface area contributed by atoms with Gasteiger partial charge in [0.15, 0.2) is 0 Å². The Morgan fingerprint density at radius 1 is 0.478 bits per heavy atom. The molecule has 6 bridgehead atoms. The maximum atomic E-state index is 8.15. The van der Waals surface area contributed by atoms with Gasteiger partial charge in [0.05, 0.1) is 0 Å². The van der Waals surface area contributed by atoms with E-state index >= 15 is 0 Å². The Morgan fingerprint density at radius 2 is 0.826 bits per heavy atom. The van der Waals surface area contributed by atoms with Crippen LogP contribution in [0.15, 0.2) is 0 Å². The quantitative estimate of drug-likeness (QED) is 0.427. The third-order valence-corrected chi connectivity index (χ3v) is 31.3. The van der Waals surface area contributed by atoms with Gasteiger partial charge in [0, 0.05) is 0 Å². The molecule has 0 aliphatic heterocycles. The summed E-state index contributed by atoms with van der Waals surface area (Å²) in [6.07, 6.45) is 19.0. The van der Waals surface area contributed by atoms with Gasteiger partial charge in [-0.1, -0.05) is 0 Å². The predicted octanol–water partition coefficient (Wildman–Crippen LogP) is 6.74. The minimum absolute atomic E-state index is 1.10. The van der Waals surface area contributed by atoms with Crippen LogP contribution < -0.4 is 0 Å². The molecule has 0 radical (unpaired) electrons. The second kappa shape index (κ2) is 5.30. The van der Waals surface area contributed by atoms with Crippen LogP contribution in [0.2, 0.25) is 11.8 Å². The van der Waals surface area contributed by atoms with E-state index in [4.69, 9.17) is 8.92 Å². The number of rotatable bonds is 3. The summed E-state index contributed by atoms with van der Waals surface area (Å²) in [5, 5.41) is 0. The van der Waals surface area contributed by atoms with E-state index in [0.29, 0.717) is 0 Å². The molecule has 0 spiro atoms. The van der Waals surface area contributed by atoms with E-state index in [1.54, 1.807) is 77.0 Å². The first kappa shape index (κ1) is 15.2. The first-order valence-electron chi connectivity index (χ1n) is 10.9. The van der Waals surface area contributed by atoms with Crippen molar-refractivity contribution in [3.8, 4) is 0 Å². The first-order valence-corrected chi connectivity index (χ1v) is 19.5. The zero-order valence-corrected chi connectivity index (χ0v) is 18.2. The summed E-state index contributed by atoms with van der Waals surface area (Å²) in [5.41, 5.74) is 0. The fourth-order valence-corrected chi connectivity index (χ4v) is 34.0. The van der Waals surface area contributed by atoms with Crippen molar-refractivity contribution in [3.05, 3.63) is 0 Å². The van der Waals surface area contributed by atoms with Gasteiger partial charge in [-0.3, -0.25) is 0 Å². The van der Waals surface area contributed by atoms with E-state index in [2.05, 4.69) is 0 Å². The Hall–Kier alpha value is 1.09. The van der Waals surface area contributed by atoms with Crippen LogP contribution in [0.25, 0.3) is 0 Å². The van der Waals surface area contributed by atoms with E-state index in [1.807, 2.05) is 0 Å². The molecule has 6 fully saturated rings. The van der Waals surface area contributed by atoms with Crippen molar-refractivity contribution in [1.29, 1.82) is 0 Å². The van der Waals surface area contributed by atoms with Gasteiger partial charge in [0.1, 0.15) is 0 Å². The Bertz CT molecular complexity index is 435. The molecular formula is C21H33ClSn. The summed E-state index contributed by atoms with van der Waals surface area (Å²) in [5.74, 6) is 6.63. The summed E-state index contributed by atoms with van der Waals surface area (Å²) in [6.45, 7) is 0. The molecule has 9 unspecified atom stereocenters. The van der Waals surface area contributed by atoms with Crippen LogP contribution in [0.5, 0.6) is 0 Å². The first-order chi connectivity index (χ1) is 11.2. The normalized spacial score (nSPS) is 59.1. The molecular weight excluding hydrogens is 406 g/mol. The second-order valence-corrected chi connectivity index (χ2v) is 26.1. The summed E-state index contributed by atoms with van der Waals surface area (Å²) in [4.78, 5) is 0. The van der Waals surface area contributed by atoms with Gasteiger partial charge in [-0.25, -0.2) is 0 Å². The number of halogens is 1. The van der Waals surface area contributed by atoms with Gasteiger partial charge in [-0.2, -0.15) is 0 Å². The zero-order valence-electron chi connectivity index (χ0n) is 14.6. The molecule has 0 aromatic heterocycles. The van der Waals surface area contributed by atoms with Crippen molar-refractivity contribution >= 4 is 26.2 Å². The molecule has 6 saturated carbocycles. The van der Waals surface area contributed by atoms with E-state index in [0.717, 1.165) is 47.3 Å². The molecule has 0 N–H and O–H groups in total. The van der Waals surface area contributed by atoms with Crippen LogP contribution in [0.3, 0.4) is 0 Å². The third kappa shape index (κ3) is 2.09. The topological polar surface area (TPSA) is 0 Å². The van der Waals surface area contributed by atoms with Gasteiger partial charge in [-0.15, -0.1) is 0 Å². The number of hydrogen-bond donors (Lipinski definition) is 0.